The molecule has 7 heteroatoms. The van der Waals surface area contributed by atoms with E-state index in [4.69, 9.17) is 4.74 Å². The number of hydrogen-bond acceptors (Lipinski definition) is 4. The third-order valence-corrected chi connectivity index (χ3v) is 3.86. The zero-order valence-electron chi connectivity index (χ0n) is 14.3. The van der Waals surface area contributed by atoms with E-state index in [1.54, 1.807) is 19.0 Å². The summed E-state index contributed by atoms with van der Waals surface area (Å²) in [6.45, 7) is 8.69. The Kier molecular flexibility index (Phi) is 8.19. The van der Waals surface area contributed by atoms with Gasteiger partial charge in [-0.25, -0.2) is 4.79 Å². The highest BCUT2D eigenvalue weighted by molar-refractivity contribution is 5.81. The predicted octanol–water partition coefficient (Wildman–Crippen LogP) is 0.217. The Morgan fingerprint density at radius 2 is 1.86 bits per heavy atom. The van der Waals surface area contributed by atoms with Crippen LogP contribution in [-0.2, 0) is 9.53 Å². The largest absolute Gasteiger partial charge is 0.382 e. The summed E-state index contributed by atoms with van der Waals surface area (Å²) in [5, 5.41) is 2.94. The Hall–Kier alpha value is -1.34. The van der Waals surface area contributed by atoms with Crippen molar-refractivity contribution in [3.8, 4) is 0 Å². The maximum Gasteiger partial charge on any atom is 0.319 e. The summed E-state index contributed by atoms with van der Waals surface area (Å²) >= 11 is 0. The van der Waals surface area contributed by atoms with E-state index in [0.29, 0.717) is 32.8 Å². The van der Waals surface area contributed by atoms with Gasteiger partial charge in [-0.05, 0) is 20.3 Å². The lowest BCUT2D eigenvalue weighted by Gasteiger charge is -2.38. The number of carbonyl (C=O) groups is 2. The summed E-state index contributed by atoms with van der Waals surface area (Å²) in [7, 11) is 3.51. The maximum atomic E-state index is 12.1. The molecular weight excluding hydrogens is 284 g/mol. The minimum Gasteiger partial charge on any atom is -0.382 e. The Morgan fingerprint density at radius 1 is 1.23 bits per heavy atom. The van der Waals surface area contributed by atoms with Gasteiger partial charge in [-0.2, -0.15) is 0 Å². The molecule has 1 unspecified atom stereocenters. The molecule has 3 amide bonds. The van der Waals surface area contributed by atoms with Crippen molar-refractivity contribution in [3.05, 3.63) is 0 Å². The molecule has 0 bridgehead atoms. The lowest BCUT2D eigenvalue weighted by molar-refractivity contribution is -0.126. The highest BCUT2D eigenvalue weighted by Crippen LogP contribution is 2.08. The van der Waals surface area contributed by atoms with E-state index in [1.165, 1.54) is 0 Å². The van der Waals surface area contributed by atoms with E-state index in [1.807, 2.05) is 18.7 Å². The van der Waals surface area contributed by atoms with Gasteiger partial charge in [-0.3, -0.25) is 9.69 Å². The first-order valence-electron chi connectivity index (χ1n) is 8.03. The van der Waals surface area contributed by atoms with Crippen LogP contribution in [-0.4, -0.2) is 92.7 Å². The van der Waals surface area contributed by atoms with E-state index in [-0.39, 0.29) is 18.0 Å². The number of ether oxygens (including phenoxy) is 1. The highest BCUT2D eigenvalue weighted by atomic mass is 16.5. The monoisotopic (exact) mass is 314 g/mol. The molecule has 1 atom stereocenters. The van der Waals surface area contributed by atoms with Crippen molar-refractivity contribution in [3.63, 3.8) is 0 Å². The molecule has 1 aliphatic rings. The number of carbonyl (C=O) groups excluding carboxylic acids is 2. The lowest BCUT2D eigenvalue weighted by atomic mass is 10.2. The Labute approximate surface area is 133 Å². The second-order valence-electron chi connectivity index (χ2n) is 5.72. The zero-order valence-corrected chi connectivity index (χ0v) is 14.3. The fraction of sp³-hybridized carbons (Fsp3) is 0.867. The zero-order chi connectivity index (χ0) is 16.5. The first kappa shape index (κ1) is 18.7. The van der Waals surface area contributed by atoms with Gasteiger partial charge in [-0.15, -0.1) is 0 Å². The van der Waals surface area contributed by atoms with Gasteiger partial charge in [0.2, 0.25) is 5.91 Å². The number of nitrogens with one attached hydrogen (secondary N) is 1. The van der Waals surface area contributed by atoms with Crippen LogP contribution in [0.25, 0.3) is 0 Å². The quantitative estimate of drug-likeness (QED) is 0.683. The second kappa shape index (κ2) is 9.63. The average Bonchev–Trinajstić information content (AvgIpc) is 2.53. The molecule has 0 spiro atoms. The number of piperazine rings is 1. The molecular formula is C15H30N4O3. The summed E-state index contributed by atoms with van der Waals surface area (Å²) in [5.74, 6) is 0.0453. The third-order valence-electron chi connectivity index (χ3n) is 3.86. The minimum atomic E-state index is -0.163. The van der Waals surface area contributed by atoms with Gasteiger partial charge in [0.05, 0.1) is 6.04 Å². The van der Waals surface area contributed by atoms with Gasteiger partial charge in [0, 0.05) is 60.0 Å². The summed E-state index contributed by atoms with van der Waals surface area (Å²) in [6.07, 6.45) is 0.831. The SMILES string of the molecule is CCOCCCNC(=O)C(C)N1CCN(C(=O)N(C)C)CC1. The molecule has 0 aromatic carbocycles. The molecule has 0 aliphatic carbocycles. The summed E-state index contributed by atoms with van der Waals surface area (Å²) in [5.41, 5.74) is 0. The highest BCUT2D eigenvalue weighted by Gasteiger charge is 2.27. The molecule has 128 valence electrons. The summed E-state index contributed by atoms with van der Waals surface area (Å²) in [4.78, 5) is 29.5. The van der Waals surface area contributed by atoms with Gasteiger partial charge < -0.3 is 19.9 Å². The number of rotatable bonds is 7. The molecule has 1 N–H and O–H groups in total. The van der Waals surface area contributed by atoms with E-state index < -0.39 is 0 Å². The average molecular weight is 314 g/mol. The van der Waals surface area contributed by atoms with Crippen LogP contribution in [0.4, 0.5) is 4.79 Å². The maximum absolute atomic E-state index is 12.1. The van der Waals surface area contributed by atoms with Gasteiger partial charge in [0.15, 0.2) is 0 Å². The molecule has 0 radical (unpaired) electrons. The first-order valence-corrected chi connectivity index (χ1v) is 8.03. The standard InChI is InChI=1S/C15H30N4O3/c1-5-22-12-6-7-16-14(20)13(2)18-8-10-19(11-9-18)15(21)17(3)4/h13H,5-12H2,1-4H3,(H,16,20). The fourth-order valence-corrected chi connectivity index (χ4v) is 2.43. The van der Waals surface area contributed by atoms with Gasteiger partial charge in [0.25, 0.3) is 0 Å². The third kappa shape index (κ3) is 5.81. The number of hydrogen-bond donors (Lipinski definition) is 1. The van der Waals surface area contributed by atoms with Crippen LogP contribution in [0.5, 0.6) is 0 Å². The molecule has 1 rings (SSSR count). The van der Waals surface area contributed by atoms with Crippen molar-refractivity contribution < 1.29 is 14.3 Å². The molecule has 0 aromatic rings. The summed E-state index contributed by atoms with van der Waals surface area (Å²) < 4.78 is 5.24. The van der Waals surface area contributed by atoms with Crippen molar-refractivity contribution in [1.82, 2.24) is 20.0 Å². The van der Waals surface area contributed by atoms with Crippen LogP contribution in [0.2, 0.25) is 0 Å². The van der Waals surface area contributed by atoms with Crippen LogP contribution in [0.1, 0.15) is 20.3 Å². The van der Waals surface area contributed by atoms with Crippen LogP contribution in [0, 0.1) is 0 Å². The lowest BCUT2D eigenvalue weighted by Crippen LogP contribution is -2.56. The molecule has 1 heterocycles. The Balaban J connectivity index is 2.28. The van der Waals surface area contributed by atoms with E-state index in [2.05, 4.69) is 10.2 Å². The molecule has 1 fully saturated rings. The molecule has 7 nitrogen and oxygen atoms in total. The Morgan fingerprint density at radius 3 is 2.41 bits per heavy atom. The molecule has 1 saturated heterocycles. The van der Waals surface area contributed by atoms with E-state index in [9.17, 15) is 9.59 Å². The van der Waals surface area contributed by atoms with Gasteiger partial charge in [0.1, 0.15) is 0 Å². The number of urea groups is 1. The van der Waals surface area contributed by atoms with Gasteiger partial charge >= 0.3 is 6.03 Å². The van der Waals surface area contributed by atoms with E-state index in [0.717, 1.165) is 19.5 Å². The fourth-order valence-electron chi connectivity index (χ4n) is 2.43. The van der Waals surface area contributed by atoms with Crippen LogP contribution < -0.4 is 5.32 Å². The summed E-state index contributed by atoms with van der Waals surface area (Å²) in [6, 6.07) is -0.128. The van der Waals surface area contributed by atoms with Crippen molar-refractivity contribution in [2.75, 3.05) is 60.0 Å². The smallest absolute Gasteiger partial charge is 0.319 e. The van der Waals surface area contributed by atoms with Crippen molar-refractivity contribution in [2.45, 2.75) is 26.3 Å². The predicted molar refractivity (Wildman–Crippen MR) is 85.8 cm³/mol. The molecule has 22 heavy (non-hydrogen) atoms. The van der Waals surface area contributed by atoms with Gasteiger partial charge in [-0.1, -0.05) is 0 Å². The molecule has 0 aromatic heterocycles. The van der Waals surface area contributed by atoms with Crippen molar-refractivity contribution >= 4 is 11.9 Å². The first-order chi connectivity index (χ1) is 10.5. The Bertz CT molecular complexity index is 355. The normalized spacial score (nSPS) is 17.2. The molecule has 1 aliphatic heterocycles. The number of nitrogens with zero attached hydrogens (tertiary/aromatic N) is 3. The second-order valence-corrected chi connectivity index (χ2v) is 5.72. The van der Waals surface area contributed by atoms with Crippen molar-refractivity contribution in [1.29, 1.82) is 0 Å². The minimum absolute atomic E-state index is 0.0349. The van der Waals surface area contributed by atoms with Crippen LogP contribution in [0.3, 0.4) is 0 Å². The topological polar surface area (TPSA) is 65.1 Å². The number of amides is 3. The molecule has 0 saturated carbocycles. The van der Waals surface area contributed by atoms with E-state index >= 15 is 0 Å². The van der Waals surface area contributed by atoms with Crippen molar-refractivity contribution in [2.24, 2.45) is 0 Å². The van der Waals surface area contributed by atoms with Crippen LogP contribution in [0.15, 0.2) is 0 Å². The van der Waals surface area contributed by atoms with Crippen LogP contribution >= 0.6 is 0 Å².